The molecule has 2 rings (SSSR count). The second-order valence-electron chi connectivity index (χ2n) is 6.17. The van der Waals surface area contributed by atoms with E-state index < -0.39 is 0 Å². The average molecular weight is 295 g/mol. The molecule has 1 aliphatic rings. The molecule has 2 atom stereocenters. The van der Waals surface area contributed by atoms with Gasteiger partial charge in [0, 0.05) is 13.1 Å². The number of benzene rings is 1. The minimum Gasteiger partial charge on any atom is -0.324 e. The number of piperidine rings is 1. The Morgan fingerprint density at radius 1 is 1.35 bits per heavy atom. The number of halogens is 1. The number of hydrogen-bond donors (Lipinski definition) is 1. The number of hydrogen-bond acceptors (Lipinski definition) is 2. The number of rotatable bonds is 3. The van der Waals surface area contributed by atoms with Crippen LogP contribution in [0.25, 0.3) is 0 Å². The molecule has 1 aromatic carbocycles. The van der Waals surface area contributed by atoms with E-state index in [1.54, 1.807) is 0 Å². The van der Waals surface area contributed by atoms with Gasteiger partial charge in [0.1, 0.15) is 0 Å². The Kier molecular flexibility index (Phi) is 5.06. The smallest absolute Gasteiger partial charge is 0.238 e. The van der Waals surface area contributed by atoms with Crippen LogP contribution in [0.15, 0.2) is 18.2 Å². The Hall–Kier alpha value is -1.06. The molecule has 1 N–H and O–H groups in total. The molecule has 4 heteroatoms. The summed E-state index contributed by atoms with van der Waals surface area (Å²) in [5, 5.41) is 3.50. The number of nitrogens with one attached hydrogen (secondary N) is 1. The molecule has 0 saturated carbocycles. The van der Waals surface area contributed by atoms with Crippen molar-refractivity contribution in [1.82, 2.24) is 4.90 Å². The highest BCUT2D eigenvalue weighted by Crippen LogP contribution is 2.23. The van der Waals surface area contributed by atoms with Gasteiger partial charge in [0.05, 0.1) is 17.3 Å². The van der Waals surface area contributed by atoms with Crippen LogP contribution < -0.4 is 5.32 Å². The average Bonchev–Trinajstić information content (AvgIpc) is 2.31. The van der Waals surface area contributed by atoms with Crippen LogP contribution >= 0.6 is 11.6 Å². The number of carbonyl (C=O) groups excluding carboxylic acids is 1. The normalized spacial score (nSPS) is 23.6. The lowest BCUT2D eigenvalue weighted by Crippen LogP contribution is -2.42. The third-order valence-electron chi connectivity index (χ3n) is 3.71. The fourth-order valence-corrected chi connectivity index (χ4v) is 3.32. The van der Waals surface area contributed by atoms with Crippen molar-refractivity contribution in [2.75, 3.05) is 25.0 Å². The highest BCUT2D eigenvalue weighted by molar-refractivity contribution is 6.33. The molecule has 0 spiro atoms. The number of anilines is 1. The molecule has 20 heavy (non-hydrogen) atoms. The van der Waals surface area contributed by atoms with Crippen molar-refractivity contribution in [3.8, 4) is 0 Å². The van der Waals surface area contributed by atoms with Crippen LogP contribution in [0.2, 0.25) is 5.02 Å². The lowest BCUT2D eigenvalue weighted by atomic mass is 9.92. The van der Waals surface area contributed by atoms with Crippen molar-refractivity contribution < 1.29 is 4.79 Å². The highest BCUT2D eigenvalue weighted by atomic mass is 35.5. The molecule has 1 amide bonds. The molecular weight excluding hydrogens is 272 g/mol. The summed E-state index contributed by atoms with van der Waals surface area (Å²) in [6.07, 6.45) is 1.25. The van der Waals surface area contributed by atoms with Gasteiger partial charge < -0.3 is 5.32 Å². The molecule has 0 radical (unpaired) electrons. The quantitative estimate of drug-likeness (QED) is 0.924. The van der Waals surface area contributed by atoms with Crippen LogP contribution in [0.4, 0.5) is 5.69 Å². The molecular formula is C16H23ClN2O. The van der Waals surface area contributed by atoms with Crippen molar-refractivity contribution in [3.05, 3.63) is 28.8 Å². The van der Waals surface area contributed by atoms with Gasteiger partial charge >= 0.3 is 0 Å². The van der Waals surface area contributed by atoms with E-state index in [0.29, 0.717) is 29.1 Å². The minimum atomic E-state index is 0.0112. The summed E-state index contributed by atoms with van der Waals surface area (Å²) in [4.78, 5) is 14.4. The topological polar surface area (TPSA) is 32.3 Å². The Bertz CT molecular complexity index is 479. The van der Waals surface area contributed by atoms with Gasteiger partial charge in [-0.2, -0.15) is 0 Å². The van der Waals surface area contributed by atoms with Crippen molar-refractivity contribution in [2.45, 2.75) is 27.2 Å². The van der Waals surface area contributed by atoms with Crippen molar-refractivity contribution >= 4 is 23.2 Å². The molecule has 1 saturated heterocycles. The summed E-state index contributed by atoms with van der Waals surface area (Å²) in [7, 11) is 0. The van der Waals surface area contributed by atoms with Crippen LogP contribution in [-0.4, -0.2) is 30.4 Å². The lowest BCUT2D eigenvalue weighted by Gasteiger charge is -2.34. The van der Waals surface area contributed by atoms with E-state index in [0.717, 1.165) is 18.7 Å². The Labute approximate surface area is 126 Å². The van der Waals surface area contributed by atoms with E-state index in [4.69, 9.17) is 11.6 Å². The fourth-order valence-electron chi connectivity index (χ4n) is 3.04. The van der Waals surface area contributed by atoms with Gasteiger partial charge in [-0.3, -0.25) is 9.69 Å². The first-order valence-electron chi connectivity index (χ1n) is 7.22. The van der Waals surface area contributed by atoms with E-state index in [-0.39, 0.29) is 5.91 Å². The molecule has 3 nitrogen and oxygen atoms in total. The molecule has 1 aromatic rings. The summed E-state index contributed by atoms with van der Waals surface area (Å²) >= 11 is 6.13. The SMILES string of the molecule is Cc1ccc(NC(=O)CN2C[C@H](C)C[C@H](C)C2)c(Cl)c1. The first-order chi connectivity index (χ1) is 9.44. The summed E-state index contributed by atoms with van der Waals surface area (Å²) in [6.45, 7) is 8.92. The Morgan fingerprint density at radius 2 is 2.00 bits per heavy atom. The molecule has 1 fully saturated rings. The van der Waals surface area contributed by atoms with E-state index >= 15 is 0 Å². The fraction of sp³-hybridized carbons (Fsp3) is 0.562. The van der Waals surface area contributed by atoms with Gasteiger partial charge in [0.15, 0.2) is 0 Å². The number of aryl methyl sites for hydroxylation is 1. The molecule has 0 unspecified atom stereocenters. The van der Waals surface area contributed by atoms with Crippen LogP contribution in [0.3, 0.4) is 0 Å². The number of nitrogens with zero attached hydrogens (tertiary/aromatic N) is 1. The molecule has 0 bridgehead atoms. The van der Waals surface area contributed by atoms with Crippen LogP contribution in [-0.2, 0) is 4.79 Å². The largest absolute Gasteiger partial charge is 0.324 e. The number of likely N-dealkylation sites (tertiary alicyclic amines) is 1. The first-order valence-corrected chi connectivity index (χ1v) is 7.60. The minimum absolute atomic E-state index is 0.0112. The van der Waals surface area contributed by atoms with Crippen LogP contribution in [0.1, 0.15) is 25.8 Å². The van der Waals surface area contributed by atoms with Gasteiger partial charge in [0.2, 0.25) is 5.91 Å². The lowest BCUT2D eigenvalue weighted by molar-refractivity contribution is -0.117. The second kappa shape index (κ2) is 6.59. The van der Waals surface area contributed by atoms with Crippen LogP contribution in [0.5, 0.6) is 0 Å². The third kappa shape index (κ3) is 4.22. The summed E-state index contributed by atoms with van der Waals surface area (Å²) in [5.41, 5.74) is 1.78. The zero-order chi connectivity index (χ0) is 14.7. The first kappa shape index (κ1) is 15.3. The van der Waals surface area contributed by atoms with Crippen molar-refractivity contribution in [3.63, 3.8) is 0 Å². The van der Waals surface area contributed by atoms with Gasteiger partial charge in [-0.05, 0) is 42.9 Å². The molecule has 1 aliphatic heterocycles. The predicted octanol–water partition coefficient (Wildman–Crippen LogP) is 3.56. The van der Waals surface area contributed by atoms with Gasteiger partial charge in [-0.1, -0.05) is 31.5 Å². The maximum atomic E-state index is 12.1. The molecule has 0 aromatic heterocycles. The summed E-state index contributed by atoms with van der Waals surface area (Å²) in [6, 6.07) is 5.67. The summed E-state index contributed by atoms with van der Waals surface area (Å²) in [5.74, 6) is 1.33. The Morgan fingerprint density at radius 3 is 2.60 bits per heavy atom. The van der Waals surface area contributed by atoms with E-state index in [1.165, 1.54) is 6.42 Å². The number of carbonyl (C=O) groups is 1. The van der Waals surface area contributed by atoms with E-state index in [2.05, 4.69) is 24.1 Å². The van der Waals surface area contributed by atoms with Crippen LogP contribution in [0, 0.1) is 18.8 Å². The van der Waals surface area contributed by atoms with Gasteiger partial charge in [0.25, 0.3) is 0 Å². The molecule has 0 aliphatic carbocycles. The van der Waals surface area contributed by atoms with Crippen molar-refractivity contribution in [1.29, 1.82) is 0 Å². The monoisotopic (exact) mass is 294 g/mol. The second-order valence-corrected chi connectivity index (χ2v) is 6.58. The van der Waals surface area contributed by atoms with Gasteiger partial charge in [-0.15, -0.1) is 0 Å². The third-order valence-corrected chi connectivity index (χ3v) is 4.02. The maximum Gasteiger partial charge on any atom is 0.238 e. The van der Waals surface area contributed by atoms with Gasteiger partial charge in [-0.25, -0.2) is 0 Å². The predicted molar refractivity (Wildman–Crippen MR) is 84.2 cm³/mol. The zero-order valence-corrected chi connectivity index (χ0v) is 13.2. The zero-order valence-electron chi connectivity index (χ0n) is 12.4. The highest BCUT2D eigenvalue weighted by Gasteiger charge is 2.23. The number of amides is 1. The van der Waals surface area contributed by atoms with E-state index in [1.807, 2.05) is 25.1 Å². The molecule has 1 heterocycles. The molecule has 110 valence electrons. The van der Waals surface area contributed by atoms with Crippen molar-refractivity contribution in [2.24, 2.45) is 11.8 Å². The summed E-state index contributed by atoms with van der Waals surface area (Å²) < 4.78 is 0. The standard InChI is InChI=1S/C16H23ClN2O/c1-11-4-5-15(14(17)7-11)18-16(20)10-19-8-12(2)6-13(3)9-19/h4-5,7,12-13H,6,8-10H2,1-3H3,(H,18,20)/t12-,13+. The Balaban J connectivity index is 1.92. The maximum absolute atomic E-state index is 12.1. The van der Waals surface area contributed by atoms with E-state index in [9.17, 15) is 4.79 Å².